The molecule has 148 valence electrons. The molecule has 1 unspecified atom stereocenters. The molecular weight excluding hydrogens is 360 g/mol. The van der Waals surface area contributed by atoms with Gasteiger partial charge in [-0.2, -0.15) is 0 Å². The number of hydrogen-bond acceptors (Lipinski definition) is 5. The summed E-state index contributed by atoms with van der Waals surface area (Å²) in [5, 5.41) is 13.5. The first-order valence-corrected chi connectivity index (χ1v) is 9.00. The first-order chi connectivity index (χ1) is 13.4. The standard InChI is InChI=1S/C20H24N4O4/c1-15(22-19(25)17-9-5-10-18(13-17)24(27)28)20(26)23(12-6-11-21)14-16-7-3-2-4-8-16/h2-5,7-10,13,15H,6,11-12,14,21H2,1H3,(H,22,25). The van der Waals surface area contributed by atoms with Gasteiger partial charge in [-0.1, -0.05) is 36.4 Å². The zero-order valence-electron chi connectivity index (χ0n) is 15.7. The monoisotopic (exact) mass is 384 g/mol. The molecule has 28 heavy (non-hydrogen) atoms. The molecule has 8 heteroatoms. The van der Waals surface area contributed by atoms with Crippen LogP contribution in [0.1, 0.15) is 29.3 Å². The zero-order valence-corrected chi connectivity index (χ0v) is 15.7. The van der Waals surface area contributed by atoms with E-state index in [1.54, 1.807) is 11.8 Å². The van der Waals surface area contributed by atoms with Crippen LogP contribution in [0.15, 0.2) is 54.6 Å². The summed E-state index contributed by atoms with van der Waals surface area (Å²) < 4.78 is 0. The number of nitrogens with two attached hydrogens (primary N) is 1. The van der Waals surface area contributed by atoms with Crippen LogP contribution in [0.5, 0.6) is 0 Å². The quantitative estimate of drug-likeness (QED) is 0.507. The van der Waals surface area contributed by atoms with Gasteiger partial charge in [-0.15, -0.1) is 0 Å². The molecule has 0 aliphatic rings. The molecule has 2 aromatic rings. The second-order valence-electron chi connectivity index (χ2n) is 6.39. The lowest BCUT2D eigenvalue weighted by Crippen LogP contribution is -2.47. The van der Waals surface area contributed by atoms with Crippen molar-refractivity contribution < 1.29 is 14.5 Å². The first kappa shape index (κ1) is 21.0. The molecule has 1 atom stereocenters. The highest BCUT2D eigenvalue weighted by atomic mass is 16.6. The van der Waals surface area contributed by atoms with E-state index >= 15 is 0 Å². The Morgan fingerprint density at radius 2 is 1.89 bits per heavy atom. The lowest BCUT2D eigenvalue weighted by Gasteiger charge is -2.26. The third kappa shape index (κ3) is 5.88. The topological polar surface area (TPSA) is 119 Å². The lowest BCUT2D eigenvalue weighted by molar-refractivity contribution is -0.384. The summed E-state index contributed by atoms with van der Waals surface area (Å²) in [6.45, 7) is 2.93. The van der Waals surface area contributed by atoms with Crippen molar-refractivity contribution in [3.8, 4) is 0 Å². The average molecular weight is 384 g/mol. The number of benzene rings is 2. The predicted octanol–water partition coefficient (Wildman–Crippen LogP) is 2.09. The van der Waals surface area contributed by atoms with Crippen LogP contribution in [0.25, 0.3) is 0 Å². The number of non-ortho nitro benzene ring substituents is 1. The largest absolute Gasteiger partial charge is 0.341 e. The molecule has 0 saturated carbocycles. The fourth-order valence-corrected chi connectivity index (χ4v) is 2.73. The Morgan fingerprint density at radius 1 is 1.18 bits per heavy atom. The molecule has 0 saturated heterocycles. The summed E-state index contributed by atoms with van der Waals surface area (Å²) >= 11 is 0. The van der Waals surface area contributed by atoms with Crippen LogP contribution in [-0.2, 0) is 11.3 Å². The molecule has 0 bridgehead atoms. The number of nitrogens with one attached hydrogen (secondary N) is 1. The second-order valence-corrected chi connectivity index (χ2v) is 6.39. The minimum Gasteiger partial charge on any atom is -0.341 e. The Balaban J connectivity index is 2.07. The van der Waals surface area contributed by atoms with Gasteiger partial charge in [0.2, 0.25) is 5.91 Å². The molecule has 0 aliphatic heterocycles. The maximum Gasteiger partial charge on any atom is 0.270 e. The number of nitro groups is 1. The van der Waals surface area contributed by atoms with Gasteiger partial charge >= 0.3 is 0 Å². The molecule has 2 amide bonds. The van der Waals surface area contributed by atoms with Gasteiger partial charge in [0.15, 0.2) is 0 Å². The Labute approximate surface area is 163 Å². The summed E-state index contributed by atoms with van der Waals surface area (Å²) in [7, 11) is 0. The summed E-state index contributed by atoms with van der Waals surface area (Å²) in [4.78, 5) is 37.2. The van der Waals surface area contributed by atoms with Crippen molar-refractivity contribution in [2.75, 3.05) is 13.1 Å². The molecule has 0 fully saturated rings. The van der Waals surface area contributed by atoms with Crippen LogP contribution in [0.2, 0.25) is 0 Å². The number of amides is 2. The first-order valence-electron chi connectivity index (χ1n) is 9.00. The van der Waals surface area contributed by atoms with Crippen molar-refractivity contribution in [1.29, 1.82) is 0 Å². The maximum absolute atomic E-state index is 12.9. The summed E-state index contributed by atoms with van der Waals surface area (Å²) in [6.07, 6.45) is 0.643. The highest BCUT2D eigenvalue weighted by Crippen LogP contribution is 2.13. The molecule has 2 rings (SSSR count). The molecule has 0 aliphatic carbocycles. The Hall–Kier alpha value is -3.26. The van der Waals surface area contributed by atoms with Crippen molar-refractivity contribution >= 4 is 17.5 Å². The van der Waals surface area contributed by atoms with Crippen molar-refractivity contribution in [3.05, 3.63) is 75.8 Å². The van der Waals surface area contributed by atoms with Crippen LogP contribution >= 0.6 is 0 Å². The third-order valence-electron chi connectivity index (χ3n) is 4.20. The summed E-state index contributed by atoms with van der Waals surface area (Å²) in [5.74, 6) is -0.779. The number of carbonyl (C=O) groups is 2. The zero-order chi connectivity index (χ0) is 20.5. The molecule has 2 aromatic carbocycles. The van der Waals surface area contributed by atoms with Gasteiger partial charge in [0.1, 0.15) is 6.04 Å². The number of rotatable bonds is 9. The van der Waals surface area contributed by atoms with Crippen molar-refractivity contribution in [2.45, 2.75) is 25.9 Å². The Morgan fingerprint density at radius 3 is 2.54 bits per heavy atom. The van der Waals surface area contributed by atoms with Crippen LogP contribution in [-0.4, -0.2) is 40.8 Å². The van der Waals surface area contributed by atoms with Gasteiger partial charge in [0.05, 0.1) is 4.92 Å². The molecule has 8 nitrogen and oxygen atoms in total. The van der Waals surface area contributed by atoms with E-state index in [-0.39, 0.29) is 17.2 Å². The van der Waals surface area contributed by atoms with Crippen molar-refractivity contribution in [1.82, 2.24) is 10.2 Å². The second kappa shape index (κ2) is 10.2. The van der Waals surface area contributed by atoms with Crippen LogP contribution in [0, 0.1) is 10.1 Å². The molecule has 3 N–H and O–H groups in total. The Kier molecular flexibility index (Phi) is 7.65. The van der Waals surface area contributed by atoms with Gasteiger partial charge < -0.3 is 16.0 Å². The van der Waals surface area contributed by atoms with E-state index in [0.29, 0.717) is 26.1 Å². The fourth-order valence-electron chi connectivity index (χ4n) is 2.73. The molecular formula is C20H24N4O4. The van der Waals surface area contributed by atoms with Crippen molar-refractivity contribution in [2.24, 2.45) is 5.73 Å². The maximum atomic E-state index is 12.9. The number of hydrogen-bond donors (Lipinski definition) is 2. The summed E-state index contributed by atoms with van der Waals surface area (Å²) in [5.41, 5.74) is 6.51. The van der Waals surface area contributed by atoms with E-state index in [9.17, 15) is 19.7 Å². The molecule has 0 spiro atoms. The van der Waals surface area contributed by atoms with Crippen LogP contribution < -0.4 is 11.1 Å². The van der Waals surface area contributed by atoms with E-state index in [1.807, 2.05) is 30.3 Å². The smallest absolute Gasteiger partial charge is 0.270 e. The van der Waals surface area contributed by atoms with E-state index in [4.69, 9.17) is 5.73 Å². The minimum absolute atomic E-state index is 0.130. The SMILES string of the molecule is CC(NC(=O)c1cccc([N+](=O)[O-])c1)C(=O)N(CCCN)Cc1ccccc1. The highest BCUT2D eigenvalue weighted by Gasteiger charge is 2.23. The predicted molar refractivity (Wildman–Crippen MR) is 106 cm³/mol. The van der Waals surface area contributed by atoms with E-state index in [0.717, 1.165) is 5.56 Å². The number of nitrogens with zero attached hydrogens (tertiary/aromatic N) is 2. The number of carbonyl (C=O) groups excluding carboxylic acids is 2. The number of nitro benzene ring substituents is 1. The average Bonchev–Trinajstić information content (AvgIpc) is 2.71. The fraction of sp³-hybridized carbons (Fsp3) is 0.300. The van der Waals surface area contributed by atoms with E-state index in [1.165, 1.54) is 24.3 Å². The lowest BCUT2D eigenvalue weighted by atomic mass is 10.1. The van der Waals surface area contributed by atoms with Gasteiger partial charge in [-0.3, -0.25) is 19.7 Å². The van der Waals surface area contributed by atoms with Gasteiger partial charge in [-0.05, 0) is 31.5 Å². The van der Waals surface area contributed by atoms with Gasteiger partial charge in [-0.25, -0.2) is 0 Å². The minimum atomic E-state index is -0.784. The molecule has 0 aromatic heterocycles. The van der Waals surface area contributed by atoms with Crippen molar-refractivity contribution in [3.63, 3.8) is 0 Å². The van der Waals surface area contributed by atoms with Crippen LogP contribution in [0.3, 0.4) is 0 Å². The van der Waals surface area contributed by atoms with Gasteiger partial charge in [0, 0.05) is 30.8 Å². The highest BCUT2D eigenvalue weighted by molar-refractivity contribution is 5.97. The summed E-state index contributed by atoms with van der Waals surface area (Å²) in [6, 6.07) is 14.2. The van der Waals surface area contributed by atoms with E-state index < -0.39 is 16.9 Å². The van der Waals surface area contributed by atoms with Crippen LogP contribution in [0.4, 0.5) is 5.69 Å². The molecule has 0 heterocycles. The normalized spacial score (nSPS) is 11.5. The Bertz CT molecular complexity index is 826. The van der Waals surface area contributed by atoms with Gasteiger partial charge in [0.25, 0.3) is 11.6 Å². The van der Waals surface area contributed by atoms with E-state index in [2.05, 4.69) is 5.32 Å². The molecule has 0 radical (unpaired) electrons. The third-order valence-corrected chi connectivity index (χ3v) is 4.20.